The molecule has 4 nitrogen and oxygen atoms in total. The Morgan fingerprint density at radius 1 is 1.20 bits per heavy atom. The van der Waals surface area contributed by atoms with Gasteiger partial charge in [0.25, 0.3) is 0 Å². The third kappa shape index (κ3) is 1.54. The fraction of sp³-hybridized carbons (Fsp3) is 0.733. The summed E-state index contributed by atoms with van der Waals surface area (Å²) in [5.74, 6) is 1.69. The molecule has 2 aromatic rings. The number of hydrogen-bond acceptors (Lipinski definition) is 2. The van der Waals surface area contributed by atoms with Gasteiger partial charge in [0, 0.05) is 25.4 Å². The minimum atomic E-state index is 0.264. The summed E-state index contributed by atoms with van der Waals surface area (Å²) in [4.78, 5) is 4.81. The number of imidazole rings is 1. The number of aromatic nitrogens is 4. The van der Waals surface area contributed by atoms with Gasteiger partial charge in [-0.25, -0.2) is 4.98 Å². The Hall–Kier alpha value is -1.03. The Kier molecular flexibility index (Phi) is 2.79. The van der Waals surface area contributed by atoms with Crippen molar-refractivity contribution in [2.45, 2.75) is 47.1 Å². The molecule has 5 heteroatoms. The molecule has 20 heavy (non-hydrogen) atoms. The molecule has 1 saturated carbocycles. The van der Waals surface area contributed by atoms with Crippen LogP contribution < -0.4 is 0 Å². The minimum Gasteiger partial charge on any atom is -0.309 e. The predicted octanol–water partition coefficient (Wildman–Crippen LogP) is 3.47. The van der Waals surface area contributed by atoms with E-state index in [1.165, 1.54) is 0 Å². The standard InChI is InChI=1S/C15H23ClN4/c1-9-11-12(19(6)18-9)20(10(17-11)7-8-16)13-14(2,3)15(13,4)5/h13H,7-8H2,1-6H3. The van der Waals surface area contributed by atoms with Gasteiger partial charge in [-0.15, -0.1) is 11.6 Å². The fourth-order valence-electron chi connectivity index (χ4n) is 3.68. The fourth-order valence-corrected chi connectivity index (χ4v) is 3.85. The Morgan fingerprint density at radius 2 is 1.80 bits per heavy atom. The summed E-state index contributed by atoms with van der Waals surface area (Å²) >= 11 is 5.97. The van der Waals surface area contributed by atoms with Crippen LogP contribution in [-0.2, 0) is 13.5 Å². The van der Waals surface area contributed by atoms with Crippen LogP contribution in [0.5, 0.6) is 0 Å². The van der Waals surface area contributed by atoms with Crippen LogP contribution in [0.4, 0.5) is 0 Å². The maximum atomic E-state index is 5.97. The maximum Gasteiger partial charge on any atom is 0.158 e. The highest BCUT2D eigenvalue weighted by molar-refractivity contribution is 6.17. The van der Waals surface area contributed by atoms with Gasteiger partial charge < -0.3 is 4.57 Å². The van der Waals surface area contributed by atoms with E-state index in [4.69, 9.17) is 16.6 Å². The number of hydrogen-bond donors (Lipinski definition) is 0. The zero-order valence-corrected chi connectivity index (χ0v) is 13.9. The Labute approximate surface area is 125 Å². The van der Waals surface area contributed by atoms with Crippen LogP contribution in [0.2, 0.25) is 0 Å². The predicted molar refractivity (Wildman–Crippen MR) is 82.3 cm³/mol. The summed E-state index contributed by atoms with van der Waals surface area (Å²) in [5.41, 5.74) is 3.67. The Bertz CT molecular complexity index is 664. The summed E-state index contributed by atoms with van der Waals surface area (Å²) in [7, 11) is 2.00. The van der Waals surface area contributed by atoms with Crippen molar-refractivity contribution >= 4 is 22.8 Å². The van der Waals surface area contributed by atoms with Crippen LogP contribution >= 0.6 is 11.6 Å². The van der Waals surface area contributed by atoms with E-state index >= 15 is 0 Å². The van der Waals surface area contributed by atoms with Crippen molar-refractivity contribution < 1.29 is 0 Å². The molecule has 1 aliphatic carbocycles. The zero-order valence-electron chi connectivity index (χ0n) is 13.2. The molecular weight excluding hydrogens is 272 g/mol. The molecule has 0 atom stereocenters. The van der Waals surface area contributed by atoms with Gasteiger partial charge >= 0.3 is 0 Å². The zero-order chi connectivity index (χ0) is 14.9. The number of nitrogens with zero attached hydrogens (tertiary/aromatic N) is 4. The van der Waals surface area contributed by atoms with Crippen molar-refractivity contribution in [3.63, 3.8) is 0 Å². The van der Waals surface area contributed by atoms with Crippen LogP contribution in [0, 0.1) is 17.8 Å². The summed E-state index contributed by atoms with van der Waals surface area (Å²) < 4.78 is 4.34. The van der Waals surface area contributed by atoms with Gasteiger partial charge in [-0.05, 0) is 17.8 Å². The Balaban J connectivity index is 2.26. The van der Waals surface area contributed by atoms with E-state index in [-0.39, 0.29) is 10.8 Å². The van der Waals surface area contributed by atoms with Gasteiger partial charge in [0.15, 0.2) is 5.65 Å². The SMILES string of the molecule is Cc1nn(C)c2c1nc(CCCl)n2C1C(C)(C)C1(C)C. The van der Waals surface area contributed by atoms with Gasteiger partial charge in [0.1, 0.15) is 11.3 Å². The highest BCUT2D eigenvalue weighted by Crippen LogP contribution is 2.72. The molecule has 0 bridgehead atoms. The highest BCUT2D eigenvalue weighted by atomic mass is 35.5. The van der Waals surface area contributed by atoms with Crippen molar-refractivity contribution in [3.05, 3.63) is 11.5 Å². The molecule has 0 aromatic carbocycles. The van der Waals surface area contributed by atoms with Crippen LogP contribution in [0.1, 0.15) is 45.3 Å². The van der Waals surface area contributed by atoms with Gasteiger partial charge in [0.05, 0.1) is 5.69 Å². The molecule has 2 heterocycles. The highest BCUT2D eigenvalue weighted by Gasteiger charge is 2.66. The van der Waals surface area contributed by atoms with E-state index in [1.54, 1.807) is 0 Å². The molecule has 2 aromatic heterocycles. The molecular formula is C15H23ClN4. The normalized spacial score (nSPS) is 20.8. The van der Waals surface area contributed by atoms with Crippen molar-refractivity contribution in [1.29, 1.82) is 0 Å². The Morgan fingerprint density at radius 3 is 2.30 bits per heavy atom. The first-order valence-electron chi connectivity index (χ1n) is 7.20. The van der Waals surface area contributed by atoms with Crippen molar-refractivity contribution in [2.24, 2.45) is 17.9 Å². The third-order valence-corrected chi connectivity index (χ3v) is 5.62. The second-order valence-corrected chi connectivity index (χ2v) is 7.44. The monoisotopic (exact) mass is 294 g/mol. The van der Waals surface area contributed by atoms with Crippen molar-refractivity contribution in [3.8, 4) is 0 Å². The molecule has 110 valence electrons. The molecule has 0 radical (unpaired) electrons. The van der Waals surface area contributed by atoms with Gasteiger partial charge in [-0.3, -0.25) is 4.68 Å². The van der Waals surface area contributed by atoms with Gasteiger partial charge in [-0.2, -0.15) is 5.10 Å². The lowest BCUT2D eigenvalue weighted by Crippen LogP contribution is -2.10. The summed E-state index contributed by atoms with van der Waals surface area (Å²) in [5, 5.41) is 4.52. The first kappa shape index (κ1) is 13.9. The topological polar surface area (TPSA) is 35.6 Å². The lowest BCUT2D eigenvalue weighted by atomic mass is 10.0. The second kappa shape index (κ2) is 4.00. The summed E-state index contributed by atoms with van der Waals surface area (Å²) in [6, 6.07) is 0.452. The molecule has 1 aliphatic rings. The molecule has 1 fully saturated rings. The third-order valence-electron chi connectivity index (χ3n) is 5.43. The number of aryl methyl sites for hydroxylation is 3. The van der Waals surface area contributed by atoms with E-state index in [9.17, 15) is 0 Å². The van der Waals surface area contributed by atoms with Crippen LogP contribution in [0.3, 0.4) is 0 Å². The van der Waals surface area contributed by atoms with Crippen LogP contribution in [0.25, 0.3) is 11.2 Å². The second-order valence-electron chi connectivity index (χ2n) is 7.06. The number of alkyl halides is 1. The van der Waals surface area contributed by atoms with E-state index in [2.05, 4.69) is 37.4 Å². The minimum absolute atomic E-state index is 0.264. The van der Waals surface area contributed by atoms with Crippen LogP contribution in [0.15, 0.2) is 0 Å². The molecule has 0 amide bonds. The average Bonchev–Trinajstić information content (AvgIpc) is 2.67. The van der Waals surface area contributed by atoms with E-state index in [0.29, 0.717) is 11.9 Å². The van der Waals surface area contributed by atoms with Crippen molar-refractivity contribution in [1.82, 2.24) is 19.3 Å². The largest absolute Gasteiger partial charge is 0.309 e. The van der Waals surface area contributed by atoms with Gasteiger partial charge in [0.2, 0.25) is 0 Å². The molecule has 0 spiro atoms. The molecule has 3 rings (SSSR count). The molecule has 0 aliphatic heterocycles. The smallest absolute Gasteiger partial charge is 0.158 e. The molecule has 0 unspecified atom stereocenters. The number of rotatable bonds is 3. The molecule has 0 saturated heterocycles. The first-order valence-corrected chi connectivity index (χ1v) is 7.73. The summed E-state index contributed by atoms with van der Waals surface area (Å²) in [6.45, 7) is 11.3. The van der Waals surface area contributed by atoms with E-state index in [1.807, 2.05) is 18.7 Å². The lowest BCUT2D eigenvalue weighted by molar-refractivity contribution is 0.457. The van der Waals surface area contributed by atoms with E-state index < -0.39 is 0 Å². The van der Waals surface area contributed by atoms with Gasteiger partial charge in [-0.1, -0.05) is 27.7 Å². The van der Waals surface area contributed by atoms with Crippen molar-refractivity contribution in [2.75, 3.05) is 5.88 Å². The number of halogens is 1. The lowest BCUT2D eigenvalue weighted by Gasteiger charge is -2.11. The first-order chi connectivity index (χ1) is 9.23. The average molecular weight is 295 g/mol. The van der Waals surface area contributed by atoms with E-state index in [0.717, 1.165) is 29.1 Å². The van der Waals surface area contributed by atoms with Crippen LogP contribution in [-0.4, -0.2) is 25.2 Å². The molecule has 0 N–H and O–H groups in total. The quantitative estimate of drug-likeness (QED) is 0.813. The maximum absolute atomic E-state index is 5.97. The number of fused-ring (bicyclic) bond motifs is 1. The summed E-state index contributed by atoms with van der Waals surface area (Å²) in [6.07, 6.45) is 0.804.